The van der Waals surface area contributed by atoms with E-state index < -0.39 is 0 Å². The minimum absolute atomic E-state index is 0.697. The van der Waals surface area contributed by atoms with Crippen LogP contribution in [0.25, 0.3) is 21.9 Å². The van der Waals surface area contributed by atoms with Crippen molar-refractivity contribution >= 4 is 10.8 Å². The Morgan fingerprint density at radius 1 is 1.00 bits per heavy atom. The van der Waals surface area contributed by atoms with Crippen molar-refractivity contribution in [3.63, 3.8) is 0 Å². The van der Waals surface area contributed by atoms with Crippen LogP contribution < -0.4 is 4.74 Å². The van der Waals surface area contributed by atoms with Crippen molar-refractivity contribution in [2.24, 2.45) is 0 Å². The molecule has 4 rings (SSSR count). The smallest absolute Gasteiger partial charge is 0.126 e. The Balaban J connectivity index is 2.11. The molecule has 2 heteroatoms. The van der Waals surface area contributed by atoms with Gasteiger partial charge in [0, 0.05) is 5.56 Å². The molecular formula is C20H18O2. The Labute approximate surface area is 130 Å². The molecule has 1 aliphatic rings. The van der Waals surface area contributed by atoms with Crippen LogP contribution in [0.2, 0.25) is 0 Å². The van der Waals surface area contributed by atoms with Gasteiger partial charge in [0.15, 0.2) is 0 Å². The summed E-state index contributed by atoms with van der Waals surface area (Å²) >= 11 is 0. The molecule has 1 aliphatic heterocycles. The first-order valence-corrected chi connectivity index (χ1v) is 7.63. The van der Waals surface area contributed by atoms with Crippen LogP contribution >= 0.6 is 0 Å². The van der Waals surface area contributed by atoms with Gasteiger partial charge >= 0.3 is 0 Å². The average molecular weight is 290 g/mol. The standard InChI is InChI=1S/C20H18O2/c1-21-19-9-5-4-8-18(19)20-16-7-3-2-6-14(16)12-15-13-22-11-10-17(15)20/h2-9,12H,10-11,13H2,1H3. The summed E-state index contributed by atoms with van der Waals surface area (Å²) in [6.45, 7) is 1.48. The fraction of sp³-hybridized carbons (Fsp3) is 0.200. The van der Waals surface area contributed by atoms with Gasteiger partial charge in [-0.15, -0.1) is 0 Å². The molecular weight excluding hydrogens is 272 g/mol. The zero-order valence-electron chi connectivity index (χ0n) is 12.6. The number of hydrogen-bond acceptors (Lipinski definition) is 2. The van der Waals surface area contributed by atoms with Gasteiger partial charge in [-0.05, 0) is 46.0 Å². The molecule has 0 N–H and O–H groups in total. The van der Waals surface area contributed by atoms with Crippen LogP contribution in [0.5, 0.6) is 5.75 Å². The summed E-state index contributed by atoms with van der Waals surface area (Å²) in [7, 11) is 1.74. The van der Waals surface area contributed by atoms with E-state index in [9.17, 15) is 0 Å². The Morgan fingerprint density at radius 3 is 2.73 bits per heavy atom. The van der Waals surface area contributed by atoms with Crippen LogP contribution in [0.15, 0.2) is 54.6 Å². The van der Waals surface area contributed by atoms with E-state index in [1.165, 1.54) is 33.0 Å². The monoisotopic (exact) mass is 290 g/mol. The maximum absolute atomic E-state index is 5.66. The summed E-state index contributed by atoms with van der Waals surface area (Å²) in [6, 6.07) is 19.1. The highest BCUT2D eigenvalue weighted by Crippen LogP contribution is 2.40. The largest absolute Gasteiger partial charge is 0.496 e. The Hall–Kier alpha value is -2.32. The lowest BCUT2D eigenvalue weighted by Gasteiger charge is -2.23. The van der Waals surface area contributed by atoms with Crippen LogP contribution in [0.3, 0.4) is 0 Å². The van der Waals surface area contributed by atoms with E-state index in [4.69, 9.17) is 9.47 Å². The maximum atomic E-state index is 5.66. The van der Waals surface area contributed by atoms with Crippen LogP contribution in [0.4, 0.5) is 0 Å². The zero-order chi connectivity index (χ0) is 14.9. The molecule has 0 aliphatic carbocycles. The predicted molar refractivity (Wildman–Crippen MR) is 89.3 cm³/mol. The summed E-state index contributed by atoms with van der Waals surface area (Å²) in [5.74, 6) is 0.924. The SMILES string of the molecule is COc1ccccc1-c1c2c(cc3ccccc13)COCC2. The van der Waals surface area contributed by atoms with Gasteiger partial charge in [-0.1, -0.05) is 42.5 Å². The van der Waals surface area contributed by atoms with Gasteiger partial charge in [0.1, 0.15) is 5.75 Å². The Bertz CT molecular complexity index is 836. The van der Waals surface area contributed by atoms with Crippen molar-refractivity contribution in [2.45, 2.75) is 13.0 Å². The highest BCUT2D eigenvalue weighted by molar-refractivity contribution is 6.00. The highest BCUT2D eigenvalue weighted by atomic mass is 16.5. The third-order valence-corrected chi connectivity index (χ3v) is 4.38. The number of benzene rings is 3. The normalized spacial score (nSPS) is 13.9. The van der Waals surface area contributed by atoms with Crippen molar-refractivity contribution < 1.29 is 9.47 Å². The lowest BCUT2D eigenvalue weighted by Crippen LogP contribution is -2.11. The minimum Gasteiger partial charge on any atom is -0.496 e. The number of hydrogen-bond donors (Lipinski definition) is 0. The summed E-state index contributed by atoms with van der Waals surface area (Å²) in [4.78, 5) is 0. The van der Waals surface area contributed by atoms with E-state index in [-0.39, 0.29) is 0 Å². The summed E-state index contributed by atoms with van der Waals surface area (Å²) in [5, 5.41) is 2.54. The van der Waals surface area contributed by atoms with Crippen molar-refractivity contribution in [2.75, 3.05) is 13.7 Å². The Kier molecular flexibility index (Phi) is 3.32. The first kappa shape index (κ1) is 13.4. The molecule has 0 bridgehead atoms. The van der Waals surface area contributed by atoms with Crippen LogP contribution in [-0.4, -0.2) is 13.7 Å². The average Bonchev–Trinajstić information content (AvgIpc) is 2.59. The van der Waals surface area contributed by atoms with E-state index in [1.807, 2.05) is 12.1 Å². The molecule has 0 unspecified atom stereocenters. The van der Waals surface area contributed by atoms with Crippen molar-refractivity contribution in [1.29, 1.82) is 0 Å². The second kappa shape index (κ2) is 5.47. The number of para-hydroxylation sites is 1. The van der Waals surface area contributed by atoms with Gasteiger partial charge in [0.2, 0.25) is 0 Å². The molecule has 0 saturated heterocycles. The first-order valence-electron chi connectivity index (χ1n) is 7.63. The topological polar surface area (TPSA) is 18.5 Å². The summed E-state index contributed by atoms with van der Waals surface area (Å²) in [5.41, 5.74) is 5.16. The number of methoxy groups -OCH3 is 1. The molecule has 3 aromatic rings. The van der Waals surface area contributed by atoms with E-state index in [2.05, 4.69) is 42.5 Å². The van der Waals surface area contributed by atoms with Gasteiger partial charge in [-0.2, -0.15) is 0 Å². The third-order valence-electron chi connectivity index (χ3n) is 4.38. The van der Waals surface area contributed by atoms with Gasteiger partial charge < -0.3 is 9.47 Å². The highest BCUT2D eigenvalue weighted by Gasteiger charge is 2.19. The molecule has 2 nitrogen and oxygen atoms in total. The van der Waals surface area contributed by atoms with Crippen LogP contribution in [-0.2, 0) is 17.8 Å². The number of rotatable bonds is 2. The lowest BCUT2D eigenvalue weighted by molar-refractivity contribution is 0.111. The van der Waals surface area contributed by atoms with Gasteiger partial charge in [-0.25, -0.2) is 0 Å². The molecule has 0 radical (unpaired) electrons. The van der Waals surface area contributed by atoms with Crippen molar-refractivity contribution in [3.05, 3.63) is 65.7 Å². The van der Waals surface area contributed by atoms with E-state index in [1.54, 1.807) is 7.11 Å². The molecule has 0 saturated carbocycles. The molecule has 0 amide bonds. The molecule has 0 spiro atoms. The van der Waals surface area contributed by atoms with Gasteiger partial charge in [0.25, 0.3) is 0 Å². The second-order valence-corrected chi connectivity index (χ2v) is 5.61. The minimum atomic E-state index is 0.697. The van der Waals surface area contributed by atoms with E-state index in [0.717, 1.165) is 18.8 Å². The van der Waals surface area contributed by atoms with Gasteiger partial charge in [0.05, 0.1) is 20.3 Å². The maximum Gasteiger partial charge on any atom is 0.126 e. The molecule has 1 heterocycles. The molecule has 22 heavy (non-hydrogen) atoms. The fourth-order valence-electron chi connectivity index (χ4n) is 3.38. The summed E-state index contributed by atoms with van der Waals surface area (Å²) in [6.07, 6.45) is 0.952. The summed E-state index contributed by atoms with van der Waals surface area (Å²) < 4.78 is 11.3. The molecule has 0 fully saturated rings. The number of fused-ring (bicyclic) bond motifs is 2. The fourth-order valence-corrected chi connectivity index (χ4v) is 3.38. The van der Waals surface area contributed by atoms with Crippen LogP contribution in [0, 0.1) is 0 Å². The molecule has 0 atom stereocenters. The molecule has 0 aromatic heterocycles. The van der Waals surface area contributed by atoms with Crippen molar-refractivity contribution in [1.82, 2.24) is 0 Å². The third kappa shape index (κ3) is 2.08. The first-order chi connectivity index (χ1) is 10.9. The van der Waals surface area contributed by atoms with E-state index >= 15 is 0 Å². The zero-order valence-corrected chi connectivity index (χ0v) is 12.6. The van der Waals surface area contributed by atoms with Crippen molar-refractivity contribution in [3.8, 4) is 16.9 Å². The molecule has 110 valence electrons. The molecule has 3 aromatic carbocycles. The Morgan fingerprint density at radius 2 is 1.82 bits per heavy atom. The predicted octanol–water partition coefficient (Wildman–Crippen LogP) is 4.59. The number of ether oxygens (including phenoxy) is 2. The van der Waals surface area contributed by atoms with E-state index in [0.29, 0.717) is 6.61 Å². The van der Waals surface area contributed by atoms with Crippen LogP contribution in [0.1, 0.15) is 11.1 Å². The van der Waals surface area contributed by atoms with Gasteiger partial charge in [-0.3, -0.25) is 0 Å². The lowest BCUT2D eigenvalue weighted by atomic mass is 9.87. The second-order valence-electron chi connectivity index (χ2n) is 5.61. The quantitative estimate of drug-likeness (QED) is 0.687.